The third-order valence-corrected chi connectivity index (χ3v) is 9.71. The van der Waals surface area contributed by atoms with Gasteiger partial charge in [-0.15, -0.1) is 0 Å². The molecule has 0 aromatic carbocycles. The molecule has 5 unspecified atom stereocenters. The number of aliphatic hydroxyl groups is 3. The summed E-state index contributed by atoms with van der Waals surface area (Å²) in [5.74, 6) is -0.927. The van der Waals surface area contributed by atoms with Gasteiger partial charge in [0.15, 0.2) is 5.78 Å². The molecule has 0 aromatic heterocycles. The molecule has 0 bridgehead atoms. The lowest BCUT2D eigenvalue weighted by Gasteiger charge is -2.27. The van der Waals surface area contributed by atoms with Crippen molar-refractivity contribution < 1.29 is 44.7 Å². The fraction of sp³-hybridized carbons (Fsp3) is 0.812. The first-order valence-corrected chi connectivity index (χ1v) is 16.8. The molecule has 1 fully saturated rings. The number of carbonyl (C=O) groups is 4. The van der Waals surface area contributed by atoms with E-state index in [1.165, 1.54) is 0 Å². The first-order chi connectivity index (χ1) is 19.9. The molecule has 0 aromatic rings. The van der Waals surface area contributed by atoms with Gasteiger partial charge in [-0.05, 0) is 57.1 Å². The van der Waals surface area contributed by atoms with Crippen LogP contribution in [-0.4, -0.2) is 77.8 Å². The van der Waals surface area contributed by atoms with Crippen LogP contribution in [0, 0.1) is 5.92 Å². The minimum atomic E-state index is -0.762. The zero-order valence-corrected chi connectivity index (χ0v) is 26.4. The molecule has 0 amide bonds. The lowest BCUT2D eigenvalue weighted by Crippen LogP contribution is -2.32. The highest BCUT2D eigenvalue weighted by atomic mass is 32.2. The summed E-state index contributed by atoms with van der Waals surface area (Å²) in [5, 5.41) is 46.9. The van der Waals surface area contributed by atoms with Crippen LogP contribution >= 0.6 is 11.8 Å². The standard InChI is InChI=1S/C20H36O5S.C12H18O4/c1-3-4-9-12-20(2,25)14-26-19-15(16(21)13-17(19)22)10-7-5-6-8-11-18(23)24;13-10-7-9(11(14)8-10)5-3-1-2-4-6-12(15)16/h15,17,19,22,25H,3-14H2,1-2H3,(H,23,24);7,10,13H,1-6,8H2,(H,15,16). The van der Waals surface area contributed by atoms with E-state index in [2.05, 4.69) is 6.92 Å². The second kappa shape index (κ2) is 21.0. The van der Waals surface area contributed by atoms with Crippen molar-refractivity contribution >= 4 is 35.3 Å². The number of rotatable bonds is 21. The van der Waals surface area contributed by atoms with Gasteiger partial charge in [-0.2, -0.15) is 11.8 Å². The van der Waals surface area contributed by atoms with E-state index in [1.54, 1.807) is 17.8 Å². The zero-order valence-electron chi connectivity index (χ0n) is 25.6. The van der Waals surface area contributed by atoms with Crippen LogP contribution in [0.4, 0.5) is 0 Å². The van der Waals surface area contributed by atoms with Gasteiger partial charge in [0.25, 0.3) is 0 Å². The van der Waals surface area contributed by atoms with Crippen molar-refractivity contribution in [2.24, 2.45) is 5.92 Å². The Balaban J connectivity index is 0.000000470. The first-order valence-electron chi connectivity index (χ1n) is 15.8. The predicted molar refractivity (Wildman–Crippen MR) is 165 cm³/mol. The van der Waals surface area contributed by atoms with Gasteiger partial charge in [-0.25, -0.2) is 0 Å². The second-order valence-corrected chi connectivity index (χ2v) is 13.3. The van der Waals surface area contributed by atoms with E-state index in [4.69, 9.17) is 10.2 Å². The number of aliphatic hydroxyl groups excluding tert-OH is 2. The van der Waals surface area contributed by atoms with Gasteiger partial charge >= 0.3 is 11.9 Å². The van der Waals surface area contributed by atoms with Crippen molar-refractivity contribution in [3.63, 3.8) is 0 Å². The number of aliphatic carboxylic acids is 2. The number of Topliss-reactive ketones (excluding diaryl/α,β-unsaturated/α-hetero) is 2. The summed E-state index contributed by atoms with van der Waals surface area (Å²) in [7, 11) is 0. The molecule has 0 heterocycles. The Bertz CT molecular complexity index is 870. The molecule has 2 rings (SSSR count). The van der Waals surface area contributed by atoms with E-state index >= 15 is 0 Å². The number of carboxylic acid groups (broad SMARTS) is 2. The lowest BCUT2D eigenvalue weighted by atomic mass is 9.98. The van der Waals surface area contributed by atoms with Crippen molar-refractivity contribution in [2.45, 2.75) is 152 Å². The second-order valence-electron chi connectivity index (χ2n) is 12.1. The van der Waals surface area contributed by atoms with E-state index in [9.17, 15) is 34.5 Å². The monoisotopic (exact) mass is 614 g/mol. The van der Waals surface area contributed by atoms with Crippen molar-refractivity contribution in [2.75, 3.05) is 5.75 Å². The number of carboxylic acids is 2. The number of unbranched alkanes of at least 4 members (excludes halogenated alkanes) is 8. The summed E-state index contributed by atoms with van der Waals surface area (Å²) in [6, 6.07) is 0. The molecule has 5 atom stereocenters. The van der Waals surface area contributed by atoms with E-state index < -0.39 is 29.7 Å². The maximum absolute atomic E-state index is 12.2. The fourth-order valence-electron chi connectivity index (χ4n) is 5.45. The molecule has 9 nitrogen and oxygen atoms in total. The Morgan fingerprint density at radius 3 is 2.02 bits per heavy atom. The number of hydrogen-bond acceptors (Lipinski definition) is 8. The molecular weight excluding hydrogens is 560 g/mol. The molecular formula is C32H54O9S. The topological polar surface area (TPSA) is 169 Å². The smallest absolute Gasteiger partial charge is 0.303 e. The number of allylic oxidation sites excluding steroid dienone is 1. The Labute approximate surface area is 255 Å². The molecule has 0 spiro atoms. The summed E-state index contributed by atoms with van der Waals surface area (Å²) in [4.78, 5) is 44.3. The van der Waals surface area contributed by atoms with E-state index in [-0.39, 0.29) is 48.4 Å². The van der Waals surface area contributed by atoms with Crippen molar-refractivity contribution in [3.05, 3.63) is 11.6 Å². The van der Waals surface area contributed by atoms with Crippen LogP contribution in [0.15, 0.2) is 11.6 Å². The van der Waals surface area contributed by atoms with Crippen molar-refractivity contribution in [1.82, 2.24) is 0 Å². The third-order valence-electron chi connectivity index (χ3n) is 7.89. The van der Waals surface area contributed by atoms with Crippen LogP contribution in [0.25, 0.3) is 0 Å². The summed E-state index contributed by atoms with van der Waals surface area (Å²) in [5.41, 5.74) is -0.0159. The largest absolute Gasteiger partial charge is 0.481 e. The van der Waals surface area contributed by atoms with E-state index in [0.717, 1.165) is 76.2 Å². The van der Waals surface area contributed by atoms with Gasteiger partial charge in [0.2, 0.25) is 0 Å². The highest BCUT2D eigenvalue weighted by molar-refractivity contribution is 8.00. The van der Waals surface area contributed by atoms with Gasteiger partial charge in [-0.3, -0.25) is 19.2 Å². The van der Waals surface area contributed by atoms with Crippen molar-refractivity contribution in [1.29, 1.82) is 0 Å². The highest BCUT2D eigenvalue weighted by Crippen LogP contribution is 2.38. The Morgan fingerprint density at radius 1 is 0.881 bits per heavy atom. The van der Waals surface area contributed by atoms with Crippen molar-refractivity contribution in [3.8, 4) is 0 Å². The highest BCUT2D eigenvalue weighted by Gasteiger charge is 2.42. The number of hydrogen-bond donors (Lipinski definition) is 5. The van der Waals surface area contributed by atoms with Crippen LogP contribution in [-0.2, 0) is 19.2 Å². The van der Waals surface area contributed by atoms with Crippen LogP contribution in [0.2, 0.25) is 0 Å². The lowest BCUT2D eigenvalue weighted by molar-refractivity contribution is -0.138. The molecule has 5 N–H and O–H groups in total. The third kappa shape index (κ3) is 16.8. The van der Waals surface area contributed by atoms with Crippen LogP contribution in [0.3, 0.4) is 0 Å². The van der Waals surface area contributed by atoms with Crippen LogP contribution in [0.5, 0.6) is 0 Å². The minimum Gasteiger partial charge on any atom is -0.481 e. The fourth-order valence-corrected chi connectivity index (χ4v) is 6.98. The maximum atomic E-state index is 12.2. The van der Waals surface area contributed by atoms with Gasteiger partial charge in [0.1, 0.15) is 5.78 Å². The average Bonchev–Trinajstić information content (AvgIpc) is 3.37. The molecule has 1 saturated carbocycles. The summed E-state index contributed by atoms with van der Waals surface area (Å²) >= 11 is 1.54. The zero-order chi connectivity index (χ0) is 31.5. The van der Waals surface area contributed by atoms with Gasteiger partial charge in [0, 0.05) is 42.6 Å². The minimum absolute atomic E-state index is 0.0537. The molecule has 42 heavy (non-hydrogen) atoms. The van der Waals surface area contributed by atoms with Gasteiger partial charge < -0.3 is 25.5 Å². The summed E-state index contributed by atoms with van der Waals surface area (Å²) in [6.07, 6.45) is 13.5. The molecule has 2 aliphatic carbocycles. The quantitative estimate of drug-likeness (QED) is 0.105. The first kappa shape index (κ1) is 38.3. The van der Waals surface area contributed by atoms with Crippen LogP contribution in [0.1, 0.15) is 129 Å². The summed E-state index contributed by atoms with van der Waals surface area (Å²) in [6.45, 7) is 3.98. The SMILES string of the molecule is CCCCCC(C)(O)CSC1C(O)CC(=O)C1CCCCCCC(=O)O.O=C(O)CCCCCCC1=CC(O)CC1=O. The number of ketones is 2. The number of carbonyl (C=O) groups excluding carboxylic acids is 2. The average molecular weight is 615 g/mol. The maximum Gasteiger partial charge on any atom is 0.303 e. The van der Waals surface area contributed by atoms with Gasteiger partial charge in [0.05, 0.1) is 17.8 Å². The molecule has 2 aliphatic rings. The normalized spacial score (nSPS) is 23.3. The molecule has 242 valence electrons. The molecule has 0 saturated heterocycles. The molecule has 0 aliphatic heterocycles. The molecule has 10 heteroatoms. The van der Waals surface area contributed by atoms with E-state index in [1.807, 2.05) is 6.92 Å². The number of thioether (sulfide) groups is 1. The Morgan fingerprint density at radius 2 is 1.48 bits per heavy atom. The Kier molecular flexibility index (Phi) is 19.2. The van der Waals surface area contributed by atoms with Gasteiger partial charge in [-0.1, -0.05) is 58.3 Å². The predicted octanol–water partition coefficient (Wildman–Crippen LogP) is 5.47. The summed E-state index contributed by atoms with van der Waals surface area (Å²) < 4.78 is 0. The Hall–Kier alpha value is -1.75. The van der Waals surface area contributed by atoms with E-state index in [0.29, 0.717) is 25.0 Å². The molecule has 0 radical (unpaired) electrons. The van der Waals surface area contributed by atoms with Crippen LogP contribution < -0.4 is 0 Å².